The molecule has 0 fully saturated rings. The molecule has 0 aliphatic heterocycles. The zero-order valence-electron chi connectivity index (χ0n) is 34.3. The molecule has 0 saturated heterocycles. The maximum atomic E-state index is 12.4. The third kappa shape index (κ3) is 40.3. The Morgan fingerprint density at radius 1 is 0.577 bits per heavy atom. The van der Waals surface area contributed by atoms with E-state index in [0.29, 0.717) is 6.42 Å². The highest BCUT2D eigenvalue weighted by Gasteiger charge is 2.24. The van der Waals surface area contributed by atoms with E-state index in [1.807, 2.05) is 6.08 Å². The molecule has 0 aromatic rings. The van der Waals surface area contributed by atoms with Crippen LogP contribution in [0, 0.1) is 0 Å². The molecule has 2 atom stereocenters. The molecular weight excluding hydrogens is 673 g/mol. The Balaban J connectivity index is 3.98. The lowest BCUT2D eigenvalue weighted by molar-refractivity contribution is -0.147. The van der Waals surface area contributed by atoms with Crippen molar-refractivity contribution in [1.82, 2.24) is 0 Å². The van der Waals surface area contributed by atoms with Crippen molar-refractivity contribution in [1.29, 1.82) is 0 Å². The molecule has 0 saturated carbocycles. The van der Waals surface area contributed by atoms with Crippen LogP contribution in [-0.4, -0.2) is 43.3 Å². The summed E-state index contributed by atoms with van der Waals surface area (Å²) >= 11 is 0. The molecule has 0 rings (SSSR count). The third-order valence-electron chi connectivity index (χ3n) is 9.80. The summed E-state index contributed by atoms with van der Waals surface area (Å²) in [4.78, 5) is 22.3. The summed E-state index contributed by atoms with van der Waals surface area (Å²) in [6.45, 7) is 4.25. The molecule has 3 N–H and O–H groups in total. The second kappa shape index (κ2) is 41.2. The summed E-state index contributed by atoms with van der Waals surface area (Å²) in [6, 6.07) is 0. The number of phosphoric ester groups is 1. The van der Waals surface area contributed by atoms with Crippen LogP contribution in [0.2, 0.25) is 0 Å². The molecule has 8 nitrogen and oxygen atoms in total. The van der Waals surface area contributed by atoms with Crippen molar-refractivity contribution in [3.8, 4) is 0 Å². The molecule has 0 bridgehead atoms. The lowest BCUT2D eigenvalue weighted by atomic mass is 10.0. The van der Waals surface area contributed by atoms with E-state index in [-0.39, 0.29) is 32.3 Å². The Kier molecular flexibility index (Phi) is 40.5. The summed E-state index contributed by atoms with van der Waals surface area (Å²) < 4.78 is 33.2. The summed E-state index contributed by atoms with van der Waals surface area (Å²) in [5, 5.41) is 0. The Bertz CT molecular complexity index is 812. The first-order valence-electron chi connectivity index (χ1n) is 22.2. The van der Waals surface area contributed by atoms with Gasteiger partial charge >= 0.3 is 13.8 Å². The van der Waals surface area contributed by atoms with Gasteiger partial charge in [-0.15, -0.1) is 0 Å². The zero-order chi connectivity index (χ0) is 38.1. The number of carbonyl (C=O) groups is 1. The summed E-state index contributed by atoms with van der Waals surface area (Å²) in [7, 11) is -4.26. The minimum Gasteiger partial charge on any atom is -0.492 e. The number of allylic oxidation sites excluding steroid dienone is 1. The lowest BCUT2D eigenvalue weighted by Gasteiger charge is -2.19. The topological polar surface area (TPSA) is 117 Å². The molecule has 9 heteroatoms. The zero-order valence-corrected chi connectivity index (χ0v) is 35.2. The summed E-state index contributed by atoms with van der Waals surface area (Å²) in [5.74, 6) is -0.285. The third-order valence-corrected chi connectivity index (χ3v) is 10.8. The molecule has 0 radical (unpaired) electrons. The van der Waals surface area contributed by atoms with Gasteiger partial charge in [-0.3, -0.25) is 13.8 Å². The molecule has 0 heterocycles. The predicted octanol–water partition coefficient (Wildman–Crippen LogP) is 13.4. The van der Waals surface area contributed by atoms with Gasteiger partial charge < -0.3 is 20.1 Å². The van der Waals surface area contributed by atoms with Crippen molar-refractivity contribution in [2.45, 2.75) is 232 Å². The van der Waals surface area contributed by atoms with Gasteiger partial charge in [-0.25, -0.2) is 4.57 Å². The number of nitrogens with two attached hydrogens (primary N) is 1. The number of hydrogen-bond donors (Lipinski definition) is 2. The number of phosphoric acid groups is 1. The Morgan fingerprint density at radius 3 is 1.37 bits per heavy atom. The molecule has 52 heavy (non-hydrogen) atoms. The smallest absolute Gasteiger partial charge is 0.472 e. The van der Waals surface area contributed by atoms with E-state index in [1.165, 1.54) is 173 Å². The van der Waals surface area contributed by atoms with E-state index in [9.17, 15) is 14.3 Å². The fourth-order valence-electron chi connectivity index (χ4n) is 6.45. The molecule has 310 valence electrons. The molecule has 0 aliphatic rings. The van der Waals surface area contributed by atoms with E-state index in [1.54, 1.807) is 6.26 Å². The lowest BCUT2D eigenvalue weighted by Crippen LogP contribution is -2.25. The van der Waals surface area contributed by atoms with E-state index >= 15 is 0 Å². The first kappa shape index (κ1) is 51.1. The molecule has 1 unspecified atom stereocenters. The first-order chi connectivity index (χ1) is 25.4. The van der Waals surface area contributed by atoms with Crippen LogP contribution in [0.25, 0.3) is 0 Å². The SMILES string of the molecule is CCCCCCCCCCCCCC/C=C\O[C@H](COC(=O)CCCCCCCCCCCCCCCCCCCCC)COP(=O)(O)OCCN. The fourth-order valence-corrected chi connectivity index (χ4v) is 7.22. The van der Waals surface area contributed by atoms with Gasteiger partial charge in [0.1, 0.15) is 6.61 Å². The van der Waals surface area contributed by atoms with Crippen molar-refractivity contribution in [2.24, 2.45) is 5.73 Å². The Morgan fingerprint density at radius 2 is 0.962 bits per heavy atom. The predicted molar refractivity (Wildman–Crippen MR) is 219 cm³/mol. The van der Waals surface area contributed by atoms with Crippen LogP contribution in [0.5, 0.6) is 0 Å². The quantitative estimate of drug-likeness (QED) is 0.0273. The number of ether oxygens (including phenoxy) is 2. The number of hydrogen-bond acceptors (Lipinski definition) is 7. The minimum absolute atomic E-state index is 0.0577. The summed E-state index contributed by atoms with van der Waals surface area (Å²) in [5.41, 5.74) is 5.36. The van der Waals surface area contributed by atoms with Crippen LogP contribution in [0.1, 0.15) is 226 Å². The Labute approximate surface area is 322 Å². The molecule has 0 amide bonds. The standard InChI is InChI=1S/C43H86NO7P/c1-3-5-7-9-11-13-15-17-19-20-21-22-23-24-26-28-30-32-34-36-43(45)49-40-42(41-51-52(46,47)50-39-37-44)48-38-35-33-31-29-27-25-18-16-14-12-10-8-6-4-2/h35,38,42H,3-34,36-37,39-41,44H2,1-2H3,(H,46,47)/b38-35-/t42-/m1/s1. The second-order valence-corrected chi connectivity index (χ2v) is 16.4. The van der Waals surface area contributed by atoms with Crippen LogP contribution < -0.4 is 5.73 Å². The monoisotopic (exact) mass is 760 g/mol. The molecule has 0 aliphatic carbocycles. The molecule has 0 aromatic heterocycles. The number of rotatable bonds is 43. The van der Waals surface area contributed by atoms with Gasteiger partial charge in [0.15, 0.2) is 6.10 Å². The van der Waals surface area contributed by atoms with Crippen molar-refractivity contribution in [3.05, 3.63) is 12.3 Å². The van der Waals surface area contributed by atoms with E-state index in [2.05, 4.69) is 13.8 Å². The minimum atomic E-state index is -4.26. The van der Waals surface area contributed by atoms with E-state index in [0.717, 1.165) is 32.1 Å². The maximum absolute atomic E-state index is 12.4. The van der Waals surface area contributed by atoms with Crippen molar-refractivity contribution < 1.29 is 32.8 Å². The van der Waals surface area contributed by atoms with Crippen LogP contribution in [0.15, 0.2) is 12.3 Å². The fraction of sp³-hybridized carbons (Fsp3) is 0.930. The van der Waals surface area contributed by atoms with Gasteiger partial charge in [-0.2, -0.15) is 0 Å². The van der Waals surface area contributed by atoms with Gasteiger partial charge in [-0.05, 0) is 25.3 Å². The number of esters is 1. The average Bonchev–Trinajstić information content (AvgIpc) is 3.14. The highest BCUT2D eigenvalue weighted by molar-refractivity contribution is 7.47. The van der Waals surface area contributed by atoms with Crippen LogP contribution >= 0.6 is 7.82 Å². The highest BCUT2D eigenvalue weighted by atomic mass is 31.2. The average molecular weight is 760 g/mol. The molecule has 0 spiro atoms. The molecular formula is C43H86NO7P. The van der Waals surface area contributed by atoms with Gasteiger partial charge in [-0.1, -0.05) is 200 Å². The largest absolute Gasteiger partial charge is 0.492 e. The number of carbonyl (C=O) groups excluding carboxylic acids is 1. The summed E-state index contributed by atoms with van der Waals surface area (Å²) in [6.07, 6.45) is 44.7. The van der Waals surface area contributed by atoms with Gasteiger partial charge in [0.25, 0.3) is 0 Å². The first-order valence-corrected chi connectivity index (χ1v) is 23.7. The second-order valence-electron chi connectivity index (χ2n) is 15.0. The number of unbranched alkanes of at least 4 members (excludes halogenated alkanes) is 30. The van der Waals surface area contributed by atoms with Crippen molar-refractivity contribution >= 4 is 13.8 Å². The van der Waals surface area contributed by atoms with Gasteiger partial charge in [0, 0.05) is 13.0 Å². The maximum Gasteiger partial charge on any atom is 0.472 e. The molecule has 0 aromatic carbocycles. The van der Waals surface area contributed by atoms with Crippen LogP contribution in [0.3, 0.4) is 0 Å². The normalized spacial score (nSPS) is 13.5. The van der Waals surface area contributed by atoms with Crippen LogP contribution in [0.4, 0.5) is 0 Å². The van der Waals surface area contributed by atoms with E-state index in [4.69, 9.17) is 24.3 Å². The van der Waals surface area contributed by atoms with Crippen molar-refractivity contribution in [3.63, 3.8) is 0 Å². The van der Waals surface area contributed by atoms with E-state index < -0.39 is 13.9 Å². The van der Waals surface area contributed by atoms with Gasteiger partial charge in [0.05, 0.1) is 19.5 Å². The van der Waals surface area contributed by atoms with Crippen LogP contribution in [-0.2, 0) is 27.9 Å². The highest BCUT2D eigenvalue weighted by Crippen LogP contribution is 2.43. The van der Waals surface area contributed by atoms with Crippen molar-refractivity contribution in [2.75, 3.05) is 26.4 Å². The Hall–Kier alpha value is -0.920. The van der Waals surface area contributed by atoms with Gasteiger partial charge in [0.2, 0.25) is 0 Å².